The highest BCUT2D eigenvalue weighted by Crippen LogP contribution is 2.49. The van der Waals surface area contributed by atoms with Gasteiger partial charge in [-0.15, -0.1) is 0 Å². The number of carbonyl (C=O) groups excluding carboxylic acids is 4. The van der Waals surface area contributed by atoms with Crippen molar-refractivity contribution in [3.05, 3.63) is 71.8 Å². The molecule has 4 fully saturated rings. The molecule has 0 spiro atoms. The fraction of sp³-hybridized carbons (Fsp3) is 0.568. The normalized spacial score (nSPS) is 25.7. The van der Waals surface area contributed by atoms with Gasteiger partial charge in [-0.1, -0.05) is 73.5 Å². The summed E-state index contributed by atoms with van der Waals surface area (Å²) in [6.45, 7) is 8.14. The third kappa shape index (κ3) is 8.22. The Morgan fingerprint density at radius 3 is 1.85 bits per heavy atom. The Morgan fingerprint density at radius 2 is 1.29 bits per heavy atom. The number of amides is 3. The molecule has 0 bridgehead atoms. The third-order valence-electron chi connectivity index (χ3n) is 10.0. The number of alkyl carbamates (subject to hydrolysis) is 1. The molecule has 6 rings (SSSR count). The van der Waals surface area contributed by atoms with Gasteiger partial charge >= 0.3 is 24.2 Å². The number of fused-ring (bicyclic) bond motifs is 2. The molecule has 0 radical (unpaired) electrons. The van der Waals surface area contributed by atoms with Gasteiger partial charge in [-0.2, -0.15) is 0 Å². The van der Waals surface area contributed by atoms with Gasteiger partial charge in [0.2, 0.25) is 0 Å². The molecule has 1 N–H and O–H groups in total. The van der Waals surface area contributed by atoms with Gasteiger partial charge < -0.3 is 34.1 Å². The molecule has 2 aliphatic heterocycles. The van der Waals surface area contributed by atoms with Crippen LogP contribution in [0.5, 0.6) is 0 Å². The molecule has 2 saturated heterocycles. The number of nitrogens with one attached hydrogen (secondary N) is 1. The van der Waals surface area contributed by atoms with Gasteiger partial charge in [0.05, 0.1) is 18.1 Å². The quantitative estimate of drug-likeness (QED) is 0.282. The maximum Gasteiger partial charge on any atom is 0.410 e. The molecule has 11 nitrogen and oxygen atoms in total. The minimum atomic E-state index is -0.540. The standard InChI is InChI=1S/C20H28N2O4.C17H21NO4/c1-19(2,3)26-17(23)21-20-11-7-10-16(20)12-22(14-20)18(24)25-13-15-8-5-4-6-9-15;1-21-15(19)17-9-5-8-14(17)10-18(12-17)16(20)22-11-13-6-3-2-4-7-13/h4-6,8-9,16H,7,10-14H2,1-3H3,(H,21,23);2-4,6-7,14H,5,8-12H2,1H3. The molecule has 4 aliphatic rings. The number of hydrogen-bond acceptors (Lipinski definition) is 8. The first-order valence-electron chi connectivity index (χ1n) is 16.9. The minimum Gasteiger partial charge on any atom is -0.469 e. The van der Waals surface area contributed by atoms with Crippen molar-refractivity contribution in [3.63, 3.8) is 0 Å². The fourth-order valence-electron chi connectivity index (χ4n) is 7.73. The van der Waals surface area contributed by atoms with Crippen LogP contribution in [0.4, 0.5) is 14.4 Å². The maximum atomic E-state index is 12.5. The highest BCUT2D eigenvalue weighted by atomic mass is 16.6. The van der Waals surface area contributed by atoms with E-state index in [1.165, 1.54) is 7.11 Å². The minimum absolute atomic E-state index is 0.187. The zero-order valence-electron chi connectivity index (χ0n) is 28.6. The summed E-state index contributed by atoms with van der Waals surface area (Å²) in [5, 5.41) is 3.06. The van der Waals surface area contributed by atoms with Crippen LogP contribution in [0, 0.1) is 17.3 Å². The lowest BCUT2D eigenvalue weighted by molar-refractivity contribution is -0.153. The summed E-state index contributed by atoms with van der Waals surface area (Å²) in [4.78, 5) is 52.5. The van der Waals surface area contributed by atoms with Gasteiger partial charge in [0.25, 0.3) is 0 Å². The van der Waals surface area contributed by atoms with Crippen molar-refractivity contribution in [3.8, 4) is 0 Å². The zero-order valence-corrected chi connectivity index (χ0v) is 28.6. The average Bonchev–Trinajstić information content (AvgIpc) is 3.82. The molecule has 260 valence electrons. The number of nitrogens with zero attached hydrogens (tertiary/aromatic N) is 2. The molecule has 4 unspecified atom stereocenters. The van der Waals surface area contributed by atoms with Crippen LogP contribution in [0.25, 0.3) is 0 Å². The Hall–Kier alpha value is -4.28. The maximum absolute atomic E-state index is 12.5. The Bertz CT molecular complexity index is 1430. The first kappa shape index (κ1) is 35.0. The van der Waals surface area contributed by atoms with Crippen LogP contribution < -0.4 is 5.32 Å². The molecule has 2 aromatic carbocycles. The summed E-state index contributed by atoms with van der Waals surface area (Å²) in [6.07, 6.45) is 4.61. The van der Waals surface area contributed by atoms with E-state index in [9.17, 15) is 19.2 Å². The van der Waals surface area contributed by atoms with Gasteiger partial charge in [0.15, 0.2) is 0 Å². The summed E-state index contributed by atoms with van der Waals surface area (Å²) in [5.41, 5.74) is 0.468. The number of methoxy groups -OCH3 is 1. The lowest BCUT2D eigenvalue weighted by atomic mass is 9.81. The molecule has 2 aliphatic carbocycles. The summed E-state index contributed by atoms with van der Waals surface area (Å²) >= 11 is 0. The SMILES string of the molecule is CC(C)(C)OC(=O)NC12CCCC1CN(C(=O)OCc1ccccc1)C2.COC(=O)C12CCCC1CN(C(=O)OCc1ccccc1)C2. The molecule has 0 aromatic heterocycles. The number of likely N-dealkylation sites (tertiary alicyclic amines) is 2. The number of esters is 1. The van der Waals surface area contributed by atoms with Crippen LogP contribution in [0.1, 0.15) is 70.4 Å². The van der Waals surface area contributed by atoms with Crippen LogP contribution in [-0.2, 0) is 37.0 Å². The molecule has 3 amide bonds. The van der Waals surface area contributed by atoms with Gasteiger partial charge in [-0.05, 0) is 63.5 Å². The number of benzene rings is 2. The molecule has 11 heteroatoms. The molecule has 4 atom stereocenters. The second-order valence-corrected chi connectivity index (χ2v) is 14.5. The third-order valence-corrected chi connectivity index (χ3v) is 10.0. The summed E-state index contributed by atoms with van der Waals surface area (Å²) in [7, 11) is 1.42. The Kier molecular flexibility index (Phi) is 10.9. The average molecular weight is 664 g/mol. The monoisotopic (exact) mass is 663 g/mol. The van der Waals surface area contributed by atoms with E-state index in [0.29, 0.717) is 26.2 Å². The predicted octanol–water partition coefficient (Wildman–Crippen LogP) is 6.30. The van der Waals surface area contributed by atoms with Crippen molar-refractivity contribution in [2.75, 3.05) is 33.3 Å². The van der Waals surface area contributed by atoms with E-state index in [2.05, 4.69) is 5.32 Å². The molecule has 2 heterocycles. The number of hydrogen-bond donors (Lipinski definition) is 1. The smallest absolute Gasteiger partial charge is 0.410 e. The largest absolute Gasteiger partial charge is 0.469 e. The Labute approximate surface area is 283 Å². The first-order valence-corrected chi connectivity index (χ1v) is 16.9. The topological polar surface area (TPSA) is 124 Å². The van der Waals surface area contributed by atoms with E-state index in [4.69, 9.17) is 18.9 Å². The first-order chi connectivity index (χ1) is 22.9. The van der Waals surface area contributed by atoms with Crippen molar-refractivity contribution in [1.82, 2.24) is 15.1 Å². The number of carbonyl (C=O) groups is 4. The predicted molar refractivity (Wildman–Crippen MR) is 178 cm³/mol. The highest BCUT2D eigenvalue weighted by Gasteiger charge is 2.57. The van der Waals surface area contributed by atoms with Crippen molar-refractivity contribution < 1.29 is 38.1 Å². The molecule has 2 aromatic rings. The Balaban J connectivity index is 0.000000190. The van der Waals surface area contributed by atoms with Crippen molar-refractivity contribution in [1.29, 1.82) is 0 Å². The van der Waals surface area contributed by atoms with E-state index in [-0.39, 0.29) is 43.2 Å². The summed E-state index contributed by atoms with van der Waals surface area (Å²) in [5.74, 6) is 0.261. The zero-order chi connectivity index (χ0) is 34.4. The van der Waals surface area contributed by atoms with Gasteiger partial charge in [0.1, 0.15) is 18.8 Å². The van der Waals surface area contributed by atoms with Crippen LogP contribution in [0.2, 0.25) is 0 Å². The van der Waals surface area contributed by atoms with Crippen LogP contribution in [0.15, 0.2) is 60.7 Å². The van der Waals surface area contributed by atoms with Crippen LogP contribution in [0.3, 0.4) is 0 Å². The molecular weight excluding hydrogens is 614 g/mol. The summed E-state index contributed by atoms with van der Waals surface area (Å²) in [6, 6.07) is 19.2. The lowest BCUT2D eigenvalue weighted by Gasteiger charge is -2.31. The van der Waals surface area contributed by atoms with Crippen molar-refractivity contribution in [2.24, 2.45) is 17.3 Å². The fourth-order valence-corrected chi connectivity index (χ4v) is 7.73. The molecular formula is C37H49N3O8. The van der Waals surface area contributed by atoms with E-state index in [1.807, 2.05) is 81.4 Å². The van der Waals surface area contributed by atoms with Crippen molar-refractivity contribution >= 4 is 24.2 Å². The van der Waals surface area contributed by atoms with E-state index in [1.54, 1.807) is 9.80 Å². The molecule has 2 saturated carbocycles. The molecule has 48 heavy (non-hydrogen) atoms. The summed E-state index contributed by atoms with van der Waals surface area (Å²) < 4.78 is 21.2. The highest BCUT2D eigenvalue weighted by molar-refractivity contribution is 5.80. The van der Waals surface area contributed by atoms with Crippen LogP contribution in [-0.4, -0.2) is 78.5 Å². The Morgan fingerprint density at radius 1 is 0.771 bits per heavy atom. The van der Waals surface area contributed by atoms with E-state index in [0.717, 1.165) is 49.7 Å². The van der Waals surface area contributed by atoms with E-state index < -0.39 is 22.6 Å². The van der Waals surface area contributed by atoms with E-state index >= 15 is 0 Å². The van der Waals surface area contributed by atoms with Crippen molar-refractivity contribution in [2.45, 2.75) is 83.6 Å². The second-order valence-electron chi connectivity index (χ2n) is 14.5. The van der Waals surface area contributed by atoms with Gasteiger partial charge in [-0.3, -0.25) is 4.79 Å². The van der Waals surface area contributed by atoms with Gasteiger partial charge in [0, 0.05) is 32.1 Å². The number of ether oxygens (including phenoxy) is 4. The van der Waals surface area contributed by atoms with Crippen LogP contribution >= 0.6 is 0 Å². The lowest BCUT2D eigenvalue weighted by Crippen LogP contribution is -2.53. The number of rotatable bonds is 6. The van der Waals surface area contributed by atoms with Gasteiger partial charge in [-0.25, -0.2) is 14.4 Å². The second kappa shape index (κ2) is 14.9.